The van der Waals surface area contributed by atoms with Gasteiger partial charge in [-0.25, -0.2) is 14.0 Å². The Morgan fingerprint density at radius 1 is 1.03 bits per heavy atom. The summed E-state index contributed by atoms with van der Waals surface area (Å²) in [6.07, 6.45) is 0. The average molecular weight is 437 g/mol. The highest BCUT2D eigenvalue weighted by atomic mass is 32.1. The first-order chi connectivity index (χ1) is 14.9. The molecule has 8 heteroatoms. The maximum Gasteiger partial charge on any atom is 0.351 e. The summed E-state index contributed by atoms with van der Waals surface area (Å²) < 4.78 is 23.5. The van der Waals surface area contributed by atoms with Crippen LogP contribution in [-0.2, 0) is 4.74 Å². The topological polar surface area (TPSA) is 76.8 Å². The Balaban J connectivity index is 1.66. The van der Waals surface area contributed by atoms with E-state index in [1.807, 2.05) is 6.07 Å². The van der Waals surface area contributed by atoms with Gasteiger partial charge in [0.05, 0.1) is 11.8 Å². The summed E-state index contributed by atoms with van der Waals surface area (Å²) in [7, 11) is 2.79. The fourth-order valence-corrected chi connectivity index (χ4v) is 4.08. The van der Waals surface area contributed by atoms with Crippen molar-refractivity contribution < 1.29 is 23.1 Å². The molecule has 4 aromatic rings. The van der Waals surface area contributed by atoms with Gasteiger partial charge in [-0.15, -0.1) is 11.3 Å². The Morgan fingerprint density at radius 3 is 2.48 bits per heavy atom. The van der Waals surface area contributed by atoms with Gasteiger partial charge in [-0.1, -0.05) is 24.3 Å². The lowest BCUT2D eigenvalue weighted by Gasteiger charge is -2.15. The lowest BCUT2D eigenvalue weighted by molar-refractivity contribution is 0.0596. The molecule has 0 aliphatic heterocycles. The first kappa shape index (κ1) is 20.5. The number of carbonyl (C=O) groups is 2. The summed E-state index contributed by atoms with van der Waals surface area (Å²) in [5.41, 5.74) is 1.28. The number of halogens is 1. The van der Waals surface area contributed by atoms with Gasteiger partial charge in [0.15, 0.2) is 5.58 Å². The Labute approximate surface area is 180 Å². The van der Waals surface area contributed by atoms with E-state index in [2.05, 4.69) is 4.74 Å². The van der Waals surface area contributed by atoms with Gasteiger partial charge in [0, 0.05) is 18.7 Å². The zero-order chi connectivity index (χ0) is 22.1. The van der Waals surface area contributed by atoms with Crippen molar-refractivity contribution in [2.45, 2.75) is 0 Å². The van der Waals surface area contributed by atoms with Crippen LogP contribution in [-0.4, -0.2) is 26.0 Å². The maximum atomic E-state index is 13.2. The third kappa shape index (κ3) is 3.97. The SMILES string of the molecule is COC(=O)c1cc2sc(N(C)C(=O)c3cccc(-c4ccc(F)cc4)c3)cc2oc1=O. The Kier molecular flexibility index (Phi) is 5.39. The number of fused-ring (bicyclic) bond motifs is 1. The highest BCUT2D eigenvalue weighted by Gasteiger charge is 2.20. The zero-order valence-electron chi connectivity index (χ0n) is 16.5. The minimum Gasteiger partial charge on any atom is -0.465 e. The molecule has 0 atom stereocenters. The van der Waals surface area contributed by atoms with Gasteiger partial charge in [-0.05, 0) is 41.5 Å². The molecule has 31 heavy (non-hydrogen) atoms. The van der Waals surface area contributed by atoms with Crippen molar-refractivity contribution in [3.05, 3.63) is 88.0 Å². The molecule has 0 saturated heterocycles. The molecule has 0 bridgehead atoms. The number of ether oxygens (including phenoxy) is 1. The molecule has 6 nitrogen and oxygen atoms in total. The minimum atomic E-state index is -0.801. The van der Waals surface area contributed by atoms with E-state index in [1.54, 1.807) is 43.4 Å². The van der Waals surface area contributed by atoms with E-state index in [1.165, 1.54) is 41.5 Å². The van der Waals surface area contributed by atoms with E-state index in [9.17, 15) is 18.8 Å². The summed E-state index contributed by atoms with van der Waals surface area (Å²) in [6, 6.07) is 16.0. The van der Waals surface area contributed by atoms with Gasteiger partial charge in [-0.2, -0.15) is 0 Å². The largest absolute Gasteiger partial charge is 0.465 e. The molecule has 1 amide bonds. The smallest absolute Gasteiger partial charge is 0.351 e. The summed E-state index contributed by atoms with van der Waals surface area (Å²) in [5.74, 6) is -1.39. The second kappa shape index (κ2) is 8.16. The molecule has 2 heterocycles. The lowest BCUT2D eigenvalue weighted by atomic mass is 10.0. The number of thiophene rings is 1. The standard InChI is InChI=1S/C23H16FNO5S/c1-25(20-12-18-19(31-20)11-17(22(27)29-2)23(28)30-18)21(26)15-5-3-4-14(10-15)13-6-8-16(24)9-7-13/h3-12H,1-2H3. The molecule has 0 radical (unpaired) electrons. The van der Waals surface area contributed by atoms with E-state index in [0.717, 1.165) is 11.1 Å². The van der Waals surface area contributed by atoms with E-state index in [4.69, 9.17) is 4.42 Å². The van der Waals surface area contributed by atoms with Gasteiger partial charge in [0.2, 0.25) is 0 Å². The number of nitrogens with zero attached hydrogens (tertiary/aromatic N) is 1. The van der Waals surface area contributed by atoms with Gasteiger partial charge < -0.3 is 14.1 Å². The predicted molar refractivity (Wildman–Crippen MR) is 116 cm³/mol. The lowest BCUT2D eigenvalue weighted by Crippen LogP contribution is -2.25. The quantitative estimate of drug-likeness (QED) is 0.432. The molecule has 2 aromatic heterocycles. The first-order valence-electron chi connectivity index (χ1n) is 9.17. The number of anilines is 1. The third-order valence-electron chi connectivity index (χ3n) is 4.74. The molecule has 156 valence electrons. The Morgan fingerprint density at radius 2 is 1.77 bits per heavy atom. The number of esters is 1. The Hall–Kier alpha value is -3.78. The molecule has 0 fully saturated rings. The van der Waals surface area contributed by atoms with Crippen LogP contribution in [0.2, 0.25) is 0 Å². The number of rotatable bonds is 4. The summed E-state index contributed by atoms with van der Waals surface area (Å²) in [6.45, 7) is 0. The molecule has 0 N–H and O–H groups in total. The number of carbonyl (C=O) groups excluding carboxylic acids is 2. The normalized spacial score (nSPS) is 10.8. The number of benzene rings is 2. The van der Waals surface area contributed by atoms with Crippen LogP contribution in [0.4, 0.5) is 9.39 Å². The highest BCUT2D eigenvalue weighted by molar-refractivity contribution is 7.22. The number of amides is 1. The maximum absolute atomic E-state index is 13.2. The van der Waals surface area contributed by atoms with Gasteiger partial charge in [-0.3, -0.25) is 4.79 Å². The molecule has 2 aromatic carbocycles. The second-order valence-electron chi connectivity index (χ2n) is 6.70. The predicted octanol–water partition coefficient (Wildman–Crippen LogP) is 4.72. The van der Waals surface area contributed by atoms with Crippen molar-refractivity contribution in [2.75, 3.05) is 19.1 Å². The van der Waals surface area contributed by atoms with Crippen molar-refractivity contribution in [1.82, 2.24) is 0 Å². The van der Waals surface area contributed by atoms with Crippen molar-refractivity contribution in [1.29, 1.82) is 0 Å². The van der Waals surface area contributed by atoms with E-state index in [-0.39, 0.29) is 22.9 Å². The molecule has 0 spiro atoms. The Bertz CT molecular complexity index is 1360. The van der Waals surface area contributed by atoms with E-state index >= 15 is 0 Å². The number of hydrogen-bond donors (Lipinski definition) is 0. The molecular formula is C23H16FNO5S. The monoisotopic (exact) mass is 437 g/mol. The molecular weight excluding hydrogens is 421 g/mol. The van der Waals surface area contributed by atoms with Crippen molar-refractivity contribution >= 4 is 38.5 Å². The fraction of sp³-hybridized carbons (Fsp3) is 0.0870. The number of hydrogen-bond acceptors (Lipinski definition) is 6. The van der Waals surface area contributed by atoms with Crippen LogP contribution in [0, 0.1) is 5.82 Å². The number of methoxy groups -OCH3 is 1. The third-order valence-corrected chi connectivity index (χ3v) is 5.88. The summed E-state index contributed by atoms with van der Waals surface area (Å²) in [5, 5.41) is 0.539. The van der Waals surface area contributed by atoms with Crippen LogP contribution >= 0.6 is 11.3 Å². The van der Waals surface area contributed by atoms with Gasteiger partial charge in [0.1, 0.15) is 16.4 Å². The summed E-state index contributed by atoms with van der Waals surface area (Å²) in [4.78, 5) is 38.2. The second-order valence-corrected chi connectivity index (χ2v) is 7.77. The van der Waals surface area contributed by atoms with Crippen LogP contribution in [0.3, 0.4) is 0 Å². The first-order valence-corrected chi connectivity index (χ1v) is 9.99. The average Bonchev–Trinajstić information content (AvgIpc) is 3.20. The fourth-order valence-electron chi connectivity index (χ4n) is 3.09. The van der Waals surface area contributed by atoms with Crippen molar-refractivity contribution in [3.8, 4) is 11.1 Å². The van der Waals surface area contributed by atoms with Crippen LogP contribution in [0.5, 0.6) is 0 Å². The molecule has 0 aliphatic rings. The van der Waals surface area contributed by atoms with Crippen molar-refractivity contribution in [3.63, 3.8) is 0 Å². The zero-order valence-corrected chi connectivity index (χ0v) is 17.4. The molecule has 0 unspecified atom stereocenters. The molecule has 0 saturated carbocycles. The van der Waals surface area contributed by atoms with Gasteiger partial charge in [0.25, 0.3) is 5.91 Å². The minimum absolute atomic E-state index is 0.204. The van der Waals surface area contributed by atoms with Crippen LogP contribution in [0.15, 0.2) is 69.9 Å². The summed E-state index contributed by atoms with van der Waals surface area (Å²) >= 11 is 1.20. The molecule has 4 rings (SSSR count). The molecule has 0 aliphatic carbocycles. The van der Waals surface area contributed by atoms with E-state index < -0.39 is 11.6 Å². The van der Waals surface area contributed by atoms with Crippen LogP contribution < -0.4 is 10.5 Å². The highest BCUT2D eigenvalue weighted by Crippen LogP contribution is 2.33. The van der Waals surface area contributed by atoms with Crippen molar-refractivity contribution in [2.24, 2.45) is 0 Å². The van der Waals surface area contributed by atoms with E-state index in [0.29, 0.717) is 15.3 Å². The van der Waals surface area contributed by atoms with Crippen LogP contribution in [0.1, 0.15) is 20.7 Å². The van der Waals surface area contributed by atoms with Gasteiger partial charge >= 0.3 is 11.6 Å². The van der Waals surface area contributed by atoms with Crippen LogP contribution in [0.25, 0.3) is 21.4 Å².